The highest BCUT2D eigenvalue weighted by Crippen LogP contribution is 2.56. The van der Waals surface area contributed by atoms with E-state index in [1.165, 1.54) is 19.3 Å². The molecule has 2 fully saturated rings. The number of benzene rings is 1. The first-order chi connectivity index (χ1) is 8.11. The van der Waals surface area contributed by atoms with E-state index in [-0.39, 0.29) is 11.4 Å². The van der Waals surface area contributed by atoms with Gasteiger partial charge in [0.1, 0.15) is 0 Å². The maximum Gasteiger partial charge on any atom is 0.251 e. The smallest absolute Gasteiger partial charge is 0.251 e. The maximum absolute atomic E-state index is 12.2. The lowest BCUT2D eigenvalue weighted by molar-refractivity contribution is 0.0901. The molecule has 0 aliphatic heterocycles. The van der Waals surface area contributed by atoms with Crippen molar-refractivity contribution in [1.82, 2.24) is 5.32 Å². The average Bonchev–Trinajstić information content (AvgIpc) is 2.83. The van der Waals surface area contributed by atoms with E-state index < -0.39 is 0 Å². The Labute approximate surface area is 102 Å². The van der Waals surface area contributed by atoms with Gasteiger partial charge in [-0.3, -0.25) is 4.79 Å². The molecule has 0 aromatic heterocycles. The molecular formula is C15H19NO. The number of carbonyl (C=O) groups excluding carboxylic acids is 1. The third-order valence-electron chi connectivity index (χ3n) is 4.59. The molecule has 0 atom stereocenters. The summed E-state index contributed by atoms with van der Waals surface area (Å²) >= 11 is 0. The van der Waals surface area contributed by atoms with Crippen molar-refractivity contribution < 1.29 is 4.79 Å². The average molecular weight is 229 g/mol. The van der Waals surface area contributed by atoms with Gasteiger partial charge < -0.3 is 5.32 Å². The Bertz CT molecular complexity index is 429. The third-order valence-corrected chi connectivity index (χ3v) is 4.59. The molecule has 17 heavy (non-hydrogen) atoms. The quantitative estimate of drug-likeness (QED) is 0.829. The topological polar surface area (TPSA) is 29.1 Å². The van der Waals surface area contributed by atoms with Crippen molar-refractivity contribution in [2.24, 2.45) is 5.41 Å². The molecule has 2 aliphatic rings. The van der Waals surface area contributed by atoms with Crippen LogP contribution in [-0.4, -0.2) is 11.4 Å². The second-order valence-electron chi connectivity index (χ2n) is 6.09. The summed E-state index contributed by atoms with van der Waals surface area (Å²) in [7, 11) is 0. The SMILES string of the molecule is CC12CCC(NC(=O)c3ccccc3)(CC1)C2. The molecule has 90 valence electrons. The first-order valence-electron chi connectivity index (χ1n) is 6.49. The highest BCUT2D eigenvalue weighted by Gasteiger charge is 2.52. The van der Waals surface area contributed by atoms with Crippen LogP contribution >= 0.6 is 0 Å². The number of rotatable bonds is 2. The minimum absolute atomic E-state index is 0.0942. The van der Waals surface area contributed by atoms with Crippen LogP contribution in [0.5, 0.6) is 0 Å². The van der Waals surface area contributed by atoms with Gasteiger partial charge in [0.2, 0.25) is 0 Å². The second-order valence-corrected chi connectivity index (χ2v) is 6.09. The predicted molar refractivity (Wildman–Crippen MR) is 67.8 cm³/mol. The number of hydrogen-bond acceptors (Lipinski definition) is 1. The van der Waals surface area contributed by atoms with E-state index in [9.17, 15) is 4.79 Å². The zero-order valence-electron chi connectivity index (χ0n) is 10.3. The van der Waals surface area contributed by atoms with E-state index in [1.807, 2.05) is 30.3 Å². The summed E-state index contributed by atoms with van der Waals surface area (Å²) < 4.78 is 0. The summed E-state index contributed by atoms with van der Waals surface area (Å²) in [6.45, 7) is 2.36. The minimum atomic E-state index is 0.0942. The van der Waals surface area contributed by atoms with Crippen LogP contribution in [0.1, 0.15) is 49.4 Å². The van der Waals surface area contributed by atoms with Crippen molar-refractivity contribution in [3.05, 3.63) is 35.9 Å². The molecule has 1 aromatic carbocycles. The van der Waals surface area contributed by atoms with E-state index in [4.69, 9.17) is 0 Å². The lowest BCUT2D eigenvalue weighted by atomic mass is 9.86. The van der Waals surface area contributed by atoms with Crippen molar-refractivity contribution in [2.75, 3.05) is 0 Å². The van der Waals surface area contributed by atoms with Gasteiger partial charge >= 0.3 is 0 Å². The number of hydrogen-bond donors (Lipinski definition) is 1. The normalized spacial score (nSPS) is 34.9. The molecule has 2 nitrogen and oxygen atoms in total. The fourth-order valence-corrected chi connectivity index (χ4v) is 3.57. The number of carbonyl (C=O) groups is 1. The highest BCUT2D eigenvalue weighted by molar-refractivity contribution is 5.94. The summed E-state index contributed by atoms with van der Waals surface area (Å²) in [5.41, 5.74) is 1.37. The zero-order valence-corrected chi connectivity index (χ0v) is 10.3. The van der Waals surface area contributed by atoms with Crippen LogP contribution in [0.15, 0.2) is 30.3 Å². The van der Waals surface area contributed by atoms with Crippen LogP contribution in [0.25, 0.3) is 0 Å². The minimum Gasteiger partial charge on any atom is -0.347 e. The van der Waals surface area contributed by atoms with Gasteiger partial charge in [-0.15, -0.1) is 0 Å². The van der Waals surface area contributed by atoms with Gasteiger partial charge in [0.15, 0.2) is 0 Å². The van der Waals surface area contributed by atoms with Crippen molar-refractivity contribution in [1.29, 1.82) is 0 Å². The molecule has 1 aromatic rings. The van der Waals surface area contributed by atoms with Gasteiger partial charge in [-0.25, -0.2) is 0 Å². The Hall–Kier alpha value is -1.31. The van der Waals surface area contributed by atoms with Crippen molar-refractivity contribution in [2.45, 2.75) is 44.6 Å². The fraction of sp³-hybridized carbons (Fsp3) is 0.533. The Balaban J connectivity index is 1.75. The maximum atomic E-state index is 12.2. The lowest BCUT2D eigenvalue weighted by Crippen LogP contribution is -2.44. The van der Waals surface area contributed by atoms with Crippen molar-refractivity contribution in [3.8, 4) is 0 Å². The van der Waals surface area contributed by atoms with Crippen LogP contribution < -0.4 is 5.32 Å². The van der Waals surface area contributed by atoms with Gasteiger partial charge in [-0.1, -0.05) is 25.1 Å². The van der Waals surface area contributed by atoms with E-state index in [0.29, 0.717) is 5.41 Å². The van der Waals surface area contributed by atoms with Crippen LogP contribution in [0.3, 0.4) is 0 Å². The molecule has 0 radical (unpaired) electrons. The molecule has 0 spiro atoms. The van der Waals surface area contributed by atoms with Crippen LogP contribution in [0, 0.1) is 5.41 Å². The summed E-state index contributed by atoms with van der Waals surface area (Å²) in [6, 6.07) is 9.54. The molecule has 0 saturated heterocycles. The van der Waals surface area contributed by atoms with E-state index in [0.717, 1.165) is 18.4 Å². The molecule has 0 unspecified atom stereocenters. The van der Waals surface area contributed by atoms with E-state index in [2.05, 4.69) is 12.2 Å². The molecule has 3 rings (SSSR count). The largest absolute Gasteiger partial charge is 0.347 e. The van der Waals surface area contributed by atoms with Gasteiger partial charge in [0, 0.05) is 11.1 Å². The van der Waals surface area contributed by atoms with Gasteiger partial charge in [0.25, 0.3) is 5.91 Å². The summed E-state index contributed by atoms with van der Waals surface area (Å²) in [5.74, 6) is 0.0942. The Morgan fingerprint density at radius 3 is 2.29 bits per heavy atom. The van der Waals surface area contributed by atoms with Crippen molar-refractivity contribution >= 4 is 5.91 Å². The first-order valence-corrected chi connectivity index (χ1v) is 6.49. The number of nitrogens with one attached hydrogen (secondary N) is 1. The van der Waals surface area contributed by atoms with Gasteiger partial charge in [-0.05, 0) is 49.7 Å². The fourth-order valence-electron chi connectivity index (χ4n) is 3.57. The standard InChI is InChI=1S/C15H19NO/c1-14-7-9-15(11-14,10-8-14)16-13(17)12-5-3-2-4-6-12/h2-6H,7-11H2,1H3,(H,16,17). The first kappa shape index (κ1) is 10.8. The van der Waals surface area contributed by atoms with Crippen molar-refractivity contribution in [3.63, 3.8) is 0 Å². The Kier molecular flexibility index (Phi) is 2.29. The lowest BCUT2D eigenvalue weighted by Gasteiger charge is -2.28. The zero-order chi connectivity index (χ0) is 11.9. The molecule has 2 bridgehead atoms. The monoisotopic (exact) mass is 229 g/mol. The summed E-state index contributed by atoms with van der Waals surface area (Å²) in [6.07, 6.45) is 6.01. The number of fused-ring (bicyclic) bond motifs is 2. The Morgan fingerprint density at radius 1 is 1.12 bits per heavy atom. The molecule has 0 heterocycles. The predicted octanol–water partition coefficient (Wildman–Crippen LogP) is 3.14. The molecule has 2 heteroatoms. The highest BCUT2D eigenvalue weighted by atomic mass is 16.1. The summed E-state index contributed by atoms with van der Waals surface area (Å²) in [5, 5.41) is 3.29. The second kappa shape index (κ2) is 3.59. The van der Waals surface area contributed by atoms with Crippen LogP contribution in [0.2, 0.25) is 0 Å². The van der Waals surface area contributed by atoms with E-state index >= 15 is 0 Å². The Morgan fingerprint density at radius 2 is 1.76 bits per heavy atom. The molecule has 1 N–H and O–H groups in total. The summed E-state index contributed by atoms with van der Waals surface area (Å²) in [4.78, 5) is 12.2. The number of amides is 1. The van der Waals surface area contributed by atoms with E-state index in [1.54, 1.807) is 0 Å². The molecule has 2 saturated carbocycles. The molecule has 1 amide bonds. The molecular weight excluding hydrogens is 210 g/mol. The van der Waals surface area contributed by atoms with Crippen LogP contribution in [-0.2, 0) is 0 Å². The van der Waals surface area contributed by atoms with Gasteiger partial charge in [-0.2, -0.15) is 0 Å². The molecule has 2 aliphatic carbocycles. The van der Waals surface area contributed by atoms with Gasteiger partial charge in [0.05, 0.1) is 0 Å². The van der Waals surface area contributed by atoms with Crippen LogP contribution in [0.4, 0.5) is 0 Å². The third kappa shape index (κ3) is 1.86.